The first kappa shape index (κ1) is 18.4. The number of aliphatic hydroxyl groups is 1. The lowest BCUT2D eigenvalue weighted by Gasteiger charge is -2.26. The van der Waals surface area contributed by atoms with Crippen LogP contribution in [0.1, 0.15) is 61.1 Å². The molecule has 1 aliphatic rings. The topological polar surface area (TPSA) is 55.5 Å². The molecule has 0 radical (unpaired) electrons. The van der Waals surface area contributed by atoms with E-state index in [1.807, 2.05) is 0 Å². The molecule has 0 aromatic heterocycles. The molecule has 130 valence electrons. The summed E-state index contributed by atoms with van der Waals surface area (Å²) in [5.74, 6) is 1.25. The van der Waals surface area contributed by atoms with Gasteiger partial charge in [0.2, 0.25) is 0 Å². The first-order valence-corrected chi connectivity index (χ1v) is 9.20. The van der Waals surface area contributed by atoms with Gasteiger partial charge in [0.1, 0.15) is 0 Å². The Bertz CT molecular complexity index is 461. The zero-order chi connectivity index (χ0) is 16.5. The molecule has 1 aromatic rings. The monoisotopic (exact) mass is 319 g/mol. The molecule has 0 amide bonds. The number of unbranched alkanes of at least 4 members (excludes halogenated alkanes) is 1. The first-order valence-electron chi connectivity index (χ1n) is 9.20. The fraction of sp³-hybridized carbons (Fsp3) is 0.700. The predicted octanol–water partition coefficient (Wildman–Crippen LogP) is 3.42. The molecule has 2 rings (SSSR count). The lowest BCUT2D eigenvalue weighted by Crippen LogP contribution is -2.17. The number of methoxy groups -OCH3 is 1. The molecule has 0 spiro atoms. The van der Waals surface area contributed by atoms with Crippen LogP contribution in [0.5, 0.6) is 0 Å². The second-order valence-corrected chi connectivity index (χ2v) is 6.92. The maximum atomic E-state index is 8.94. The SMILES string of the molecule is COCCCC1CCc2cc([C@H](CN)CCCCO)ccc2C1. The van der Waals surface area contributed by atoms with Crippen LogP contribution in [0.25, 0.3) is 0 Å². The van der Waals surface area contributed by atoms with Crippen molar-refractivity contribution in [3.63, 3.8) is 0 Å². The zero-order valence-corrected chi connectivity index (χ0v) is 14.6. The summed E-state index contributed by atoms with van der Waals surface area (Å²) in [5, 5.41) is 8.94. The van der Waals surface area contributed by atoms with Gasteiger partial charge in [-0.3, -0.25) is 0 Å². The van der Waals surface area contributed by atoms with Gasteiger partial charge >= 0.3 is 0 Å². The van der Waals surface area contributed by atoms with Crippen molar-refractivity contribution in [3.8, 4) is 0 Å². The van der Waals surface area contributed by atoms with Crippen molar-refractivity contribution >= 4 is 0 Å². The highest BCUT2D eigenvalue weighted by Crippen LogP contribution is 2.31. The average molecular weight is 319 g/mol. The summed E-state index contributed by atoms with van der Waals surface area (Å²) >= 11 is 0. The number of benzene rings is 1. The lowest BCUT2D eigenvalue weighted by molar-refractivity contribution is 0.185. The van der Waals surface area contributed by atoms with Crippen LogP contribution in [-0.2, 0) is 17.6 Å². The number of nitrogens with two attached hydrogens (primary N) is 1. The number of fused-ring (bicyclic) bond motifs is 1. The van der Waals surface area contributed by atoms with Gasteiger partial charge in [0.25, 0.3) is 0 Å². The Morgan fingerprint density at radius 3 is 2.87 bits per heavy atom. The van der Waals surface area contributed by atoms with E-state index in [1.165, 1.54) is 48.8 Å². The van der Waals surface area contributed by atoms with E-state index < -0.39 is 0 Å². The molecule has 1 aliphatic carbocycles. The number of rotatable bonds is 10. The molecular formula is C20H33NO2. The Balaban J connectivity index is 1.94. The van der Waals surface area contributed by atoms with Crippen LogP contribution in [0.3, 0.4) is 0 Å². The van der Waals surface area contributed by atoms with Crippen molar-refractivity contribution in [2.75, 3.05) is 26.9 Å². The van der Waals surface area contributed by atoms with Gasteiger partial charge in [-0.2, -0.15) is 0 Å². The van der Waals surface area contributed by atoms with Crippen LogP contribution in [0.4, 0.5) is 0 Å². The normalized spacial score (nSPS) is 18.7. The molecule has 0 fully saturated rings. The standard InChI is InChI=1S/C20H33NO2/c1-23-12-4-5-16-7-8-18-14-19(10-9-17(18)13-16)20(15-21)6-2-3-11-22/h9-10,14,16,20,22H,2-8,11-13,15,21H2,1H3/t16?,20-/m0/s1. The molecule has 2 atom stereocenters. The van der Waals surface area contributed by atoms with Gasteiger partial charge < -0.3 is 15.6 Å². The average Bonchev–Trinajstić information content (AvgIpc) is 2.59. The summed E-state index contributed by atoms with van der Waals surface area (Å²) in [5.41, 5.74) is 10.4. The molecule has 3 heteroatoms. The van der Waals surface area contributed by atoms with Gasteiger partial charge in [0, 0.05) is 20.3 Å². The van der Waals surface area contributed by atoms with Crippen molar-refractivity contribution < 1.29 is 9.84 Å². The maximum absolute atomic E-state index is 8.94. The Morgan fingerprint density at radius 2 is 2.13 bits per heavy atom. The Hall–Kier alpha value is -0.900. The fourth-order valence-electron chi connectivity index (χ4n) is 3.79. The van der Waals surface area contributed by atoms with Crippen LogP contribution < -0.4 is 5.73 Å². The van der Waals surface area contributed by atoms with Crippen LogP contribution in [-0.4, -0.2) is 32.0 Å². The molecule has 0 heterocycles. The molecule has 3 N–H and O–H groups in total. The van der Waals surface area contributed by atoms with Gasteiger partial charge in [-0.05, 0) is 80.0 Å². The van der Waals surface area contributed by atoms with E-state index in [0.717, 1.165) is 31.8 Å². The zero-order valence-electron chi connectivity index (χ0n) is 14.6. The smallest absolute Gasteiger partial charge is 0.0462 e. The van der Waals surface area contributed by atoms with Crippen molar-refractivity contribution in [2.45, 2.75) is 57.3 Å². The number of hydrogen-bond acceptors (Lipinski definition) is 3. The van der Waals surface area contributed by atoms with Crippen molar-refractivity contribution in [3.05, 3.63) is 34.9 Å². The van der Waals surface area contributed by atoms with Crippen LogP contribution in [0.2, 0.25) is 0 Å². The van der Waals surface area contributed by atoms with Crippen LogP contribution in [0.15, 0.2) is 18.2 Å². The largest absolute Gasteiger partial charge is 0.396 e. The second kappa shape index (κ2) is 10.1. The summed E-state index contributed by atoms with van der Waals surface area (Å²) in [6.45, 7) is 1.87. The third-order valence-electron chi connectivity index (χ3n) is 5.24. The second-order valence-electron chi connectivity index (χ2n) is 6.92. The van der Waals surface area contributed by atoms with E-state index in [4.69, 9.17) is 15.6 Å². The molecule has 1 unspecified atom stereocenters. The van der Waals surface area contributed by atoms with E-state index in [1.54, 1.807) is 7.11 Å². The summed E-state index contributed by atoms with van der Waals surface area (Å²) in [6.07, 6.45) is 9.19. The highest BCUT2D eigenvalue weighted by molar-refractivity contribution is 5.36. The van der Waals surface area contributed by atoms with Gasteiger partial charge in [0.15, 0.2) is 0 Å². The van der Waals surface area contributed by atoms with Gasteiger partial charge in [-0.1, -0.05) is 24.6 Å². The van der Waals surface area contributed by atoms with Gasteiger partial charge in [-0.25, -0.2) is 0 Å². The minimum absolute atomic E-state index is 0.284. The summed E-state index contributed by atoms with van der Waals surface area (Å²) in [4.78, 5) is 0. The maximum Gasteiger partial charge on any atom is 0.0462 e. The quantitative estimate of drug-likeness (QED) is 0.650. The Kier molecular flexibility index (Phi) is 8.07. The van der Waals surface area contributed by atoms with Gasteiger partial charge in [-0.15, -0.1) is 0 Å². The Morgan fingerprint density at radius 1 is 1.26 bits per heavy atom. The molecule has 0 saturated heterocycles. The van der Waals surface area contributed by atoms with E-state index in [0.29, 0.717) is 12.5 Å². The highest BCUT2D eigenvalue weighted by atomic mass is 16.5. The molecule has 0 aliphatic heterocycles. The third-order valence-corrected chi connectivity index (χ3v) is 5.24. The van der Waals surface area contributed by atoms with Crippen LogP contribution >= 0.6 is 0 Å². The summed E-state index contributed by atoms with van der Waals surface area (Å²) < 4.78 is 5.17. The minimum atomic E-state index is 0.284. The van der Waals surface area contributed by atoms with E-state index in [2.05, 4.69) is 18.2 Å². The number of ether oxygens (including phenoxy) is 1. The molecule has 23 heavy (non-hydrogen) atoms. The fourth-order valence-corrected chi connectivity index (χ4v) is 3.79. The van der Waals surface area contributed by atoms with Gasteiger partial charge in [0.05, 0.1) is 0 Å². The minimum Gasteiger partial charge on any atom is -0.396 e. The molecular weight excluding hydrogens is 286 g/mol. The van der Waals surface area contributed by atoms with E-state index in [-0.39, 0.29) is 6.61 Å². The Labute approximate surface area is 141 Å². The lowest BCUT2D eigenvalue weighted by atomic mass is 9.80. The summed E-state index contributed by atoms with van der Waals surface area (Å²) in [6, 6.07) is 7.02. The number of aliphatic hydroxyl groups excluding tert-OH is 1. The molecule has 0 saturated carbocycles. The van der Waals surface area contributed by atoms with Crippen molar-refractivity contribution in [1.29, 1.82) is 0 Å². The van der Waals surface area contributed by atoms with E-state index >= 15 is 0 Å². The number of hydrogen-bond donors (Lipinski definition) is 2. The molecule has 1 aromatic carbocycles. The van der Waals surface area contributed by atoms with Crippen LogP contribution in [0, 0.1) is 5.92 Å². The van der Waals surface area contributed by atoms with Crippen molar-refractivity contribution in [2.24, 2.45) is 11.7 Å². The highest BCUT2D eigenvalue weighted by Gasteiger charge is 2.20. The number of aryl methyl sites for hydroxylation is 1. The third kappa shape index (κ3) is 5.59. The predicted molar refractivity (Wildman–Crippen MR) is 95.8 cm³/mol. The molecule has 3 nitrogen and oxygen atoms in total. The van der Waals surface area contributed by atoms with E-state index in [9.17, 15) is 0 Å². The van der Waals surface area contributed by atoms with Crippen molar-refractivity contribution in [1.82, 2.24) is 0 Å². The molecule has 0 bridgehead atoms. The summed E-state index contributed by atoms with van der Waals surface area (Å²) in [7, 11) is 1.78. The first-order chi connectivity index (χ1) is 11.3.